The van der Waals surface area contributed by atoms with Crippen LogP contribution in [0.4, 0.5) is 0 Å². The Hall–Kier alpha value is -0.340. The lowest BCUT2D eigenvalue weighted by Crippen LogP contribution is -2.42. The largest absolute Gasteiger partial charge is 0.312 e. The van der Waals surface area contributed by atoms with Crippen molar-refractivity contribution in [2.45, 2.75) is 46.6 Å². The molecule has 0 aromatic carbocycles. The molecule has 0 bridgehead atoms. The summed E-state index contributed by atoms with van der Waals surface area (Å²) in [5.74, 6) is 0.850. The summed E-state index contributed by atoms with van der Waals surface area (Å²) in [6, 6.07) is 0.722. The molecular weight excluding hydrogens is 208 g/mol. The molecule has 1 N–H and O–H groups in total. The third-order valence-corrected chi connectivity index (χ3v) is 4.40. The van der Waals surface area contributed by atoms with E-state index in [0.717, 1.165) is 18.5 Å². The van der Waals surface area contributed by atoms with E-state index in [-0.39, 0.29) is 0 Å². The summed E-state index contributed by atoms with van der Waals surface area (Å²) in [5.41, 5.74) is 2.01. The molecule has 2 rings (SSSR count). The Labute approximate surface area is 106 Å². The van der Waals surface area contributed by atoms with Crippen LogP contribution in [-0.2, 0) is 0 Å². The van der Waals surface area contributed by atoms with Crippen LogP contribution in [0.25, 0.3) is 0 Å². The Kier molecular flexibility index (Phi) is 3.94. The highest BCUT2D eigenvalue weighted by Crippen LogP contribution is 2.30. The van der Waals surface area contributed by atoms with Crippen molar-refractivity contribution >= 4 is 0 Å². The van der Waals surface area contributed by atoms with Crippen LogP contribution in [0.15, 0.2) is 11.6 Å². The first kappa shape index (κ1) is 13.1. The zero-order chi connectivity index (χ0) is 12.5. The summed E-state index contributed by atoms with van der Waals surface area (Å²) in [6.07, 6.45) is 5.06. The Morgan fingerprint density at radius 3 is 2.65 bits per heavy atom. The number of nitrogens with zero attached hydrogens (tertiary/aromatic N) is 1. The zero-order valence-corrected chi connectivity index (χ0v) is 11.9. The van der Waals surface area contributed by atoms with Gasteiger partial charge in [-0.3, -0.25) is 4.90 Å². The summed E-state index contributed by atoms with van der Waals surface area (Å²) < 4.78 is 0. The Bertz CT molecular complexity index is 288. The summed E-state index contributed by atoms with van der Waals surface area (Å²) in [4.78, 5) is 2.61. The lowest BCUT2D eigenvalue weighted by molar-refractivity contribution is 0.240. The molecule has 1 saturated heterocycles. The van der Waals surface area contributed by atoms with Gasteiger partial charge in [0.05, 0.1) is 0 Å². The molecular formula is C15H28N2. The van der Waals surface area contributed by atoms with Crippen LogP contribution >= 0.6 is 0 Å². The maximum absolute atomic E-state index is 3.63. The van der Waals surface area contributed by atoms with Crippen molar-refractivity contribution in [2.75, 3.05) is 26.2 Å². The fraction of sp³-hybridized carbons (Fsp3) is 0.867. The summed E-state index contributed by atoms with van der Waals surface area (Å²) in [5, 5.41) is 3.63. The van der Waals surface area contributed by atoms with Crippen molar-refractivity contribution in [3.8, 4) is 0 Å². The highest BCUT2D eigenvalue weighted by molar-refractivity contribution is 5.14. The van der Waals surface area contributed by atoms with Crippen LogP contribution in [0.1, 0.15) is 40.5 Å². The van der Waals surface area contributed by atoms with Gasteiger partial charge in [0.25, 0.3) is 0 Å². The Balaban J connectivity index is 1.85. The van der Waals surface area contributed by atoms with Crippen LogP contribution in [-0.4, -0.2) is 37.1 Å². The number of hydrogen-bond donors (Lipinski definition) is 1. The molecule has 0 aromatic heterocycles. The number of rotatable bonds is 2. The first-order chi connectivity index (χ1) is 7.97. The zero-order valence-electron chi connectivity index (χ0n) is 11.9. The normalized spacial score (nSPS) is 31.6. The standard InChI is InChI=1S/C15H28N2/c1-12-5-8-16-14(12)11-17-9-6-13(7-10-17)15(2,3)4/h6,12,14,16H,5,7-11H2,1-4H3. The molecule has 1 fully saturated rings. The molecule has 2 heteroatoms. The SMILES string of the molecule is CC1CCNC1CN1CC=C(C(C)(C)C)CC1. The smallest absolute Gasteiger partial charge is 0.0221 e. The number of nitrogens with one attached hydrogen (secondary N) is 1. The van der Waals surface area contributed by atoms with E-state index in [0.29, 0.717) is 5.41 Å². The molecule has 0 aromatic rings. The van der Waals surface area contributed by atoms with E-state index in [9.17, 15) is 0 Å². The molecule has 0 aliphatic carbocycles. The highest BCUT2D eigenvalue weighted by atomic mass is 15.2. The maximum atomic E-state index is 3.63. The molecule has 17 heavy (non-hydrogen) atoms. The average molecular weight is 236 g/mol. The molecule has 98 valence electrons. The van der Waals surface area contributed by atoms with Gasteiger partial charge in [0.2, 0.25) is 0 Å². The monoisotopic (exact) mass is 236 g/mol. The third kappa shape index (κ3) is 3.32. The lowest BCUT2D eigenvalue weighted by Gasteiger charge is -2.34. The first-order valence-corrected chi connectivity index (χ1v) is 7.12. The summed E-state index contributed by atoms with van der Waals surface area (Å²) in [7, 11) is 0. The van der Waals surface area contributed by atoms with Crippen molar-refractivity contribution < 1.29 is 0 Å². The van der Waals surface area contributed by atoms with Crippen molar-refractivity contribution in [1.29, 1.82) is 0 Å². The van der Waals surface area contributed by atoms with E-state index < -0.39 is 0 Å². The molecule has 0 radical (unpaired) electrons. The average Bonchev–Trinajstić information content (AvgIpc) is 2.64. The molecule has 2 atom stereocenters. The highest BCUT2D eigenvalue weighted by Gasteiger charge is 2.27. The van der Waals surface area contributed by atoms with E-state index in [4.69, 9.17) is 0 Å². The van der Waals surface area contributed by atoms with Crippen LogP contribution < -0.4 is 5.32 Å². The minimum Gasteiger partial charge on any atom is -0.312 e. The van der Waals surface area contributed by atoms with E-state index in [1.54, 1.807) is 5.57 Å². The molecule has 0 amide bonds. The van der Waals surface area contributed by atoms with Crippen molar-refractivity contribution in [1.82, 2.24) is 10.2 Å². The van der Waals surface area contributed by atoms with Gasteiger partial charge in [-0.05, 0) is 30.7 Å². The van der Waals surface area contributed by atoms with Gasteiger partial charge in [-0.15, -0.1) is 0 Å². The fourth-order valence-corrected chi connectivity index (χ4v) is 2.98. The molecule has 2 unspecified atom stereocenters. The minimum atomic E-state index is 0.366. The molecule has 0 saturated carbocycles. The number of hydrogen-bond acceptors (Lipinski definition) is 2. The van der Waals surface area contributed by atoms with Crippen molar-refractivity contribution in [3.05, 3.63) is 11.6 Å². The summed E-state index contributed by atoms with van der Waals surface area (Å²) >= 11 is 0. The fourth-order valence-electron chi connectivity index (χ4n) is 2.98. The summed E-state index contributed by atoms with van der Waals surface area (Å²) in [6.45, 7) is 14.2. The van der Waals surface area contributed by atoms with Gasteiger partial charge in [0.1, 0.15) is 0 Å². The minimum absolute atomic E-state index is 0.366. The topological polar surface area (TPSA) is 15.3 Å². The van der Waals surface area contributed by atoms with Gasteiger partial charge in [-0.1, -0.05) is 39.3 Å². The molecule has 2 heterocycles. The first-order valence-electron chi connectivity index (χ1n) is 7.12. The van der Waals surface area contributed by atoms with E-state index >= 15 is 0 Å². The molecule has 2 aliphatic heterocycles. The Morgan fingerprint density at radius 2 is 2.18 bits per heavy atom. The predicted molar refractivity (Wildman–Crippen MR) is 74.2 cm³/mol. The second-order valence-corrected chi connectivity index (χ2v) is 6.82. The third-order valence-electron chi connectivity index (χ3n) is 4.40. The molecule has 2 aliphatic rings. The second-order valence-electron chi connectivity index (χ2n) is 6.82. The van der Waals surface area contributed by atoms with Gasteiger partial charge >= 0.3 is 0 Å². The second kappa shape index (κ2) is 5.11. The van der Waals surface area contributed by atoms with Crippen LogP contribution in [0.5, 0.6) is 0 Å². The van der Waals surface area contributed by atoms with E-state index in [2.05, 4.69) is 44.0 Å². The molecule has 0 spiro atoms. The maximum Gasteiger partial charge on any atom is 0.0221 e. The van der Waals surface area contributed by atoms with Crippen molar-refractivity contribution in [3.63, 3.8) is 0 Å². The van der Waals surface area contributed by atoms with Gasteiger partial charge in [-0.2, -0.15) is 0 Å². The van der Waals surface area contributed by atoms with Gasteiger partial charge in [0, 0.05) is 25.7 Å². The van der Waals surface area contributed by atoms with E-state index in [1.165, 1.54) is 32.5 Å². The van der Waals surface area contributed by atoms with Crippen LogP contribution in [0, 0.1) is 11.3 Å². The quantitative estimate of drug-likeness (QED) is 0.742. The van der Waals surface area contributed by atoms with E-state index in [1.807, 2.05) is 0 Å². The molecule has 2 nitrogen and oxygen atoms in total. The van der Waals surface area contributed by atoms with Crippen LogP contribution in [0.3, 0.4) is 0 Å². The van der Waals surface area contributed by atoms with Crippen molar-refractivity contribution in [2.24, 2.45) is 11.3 Å². The Morgan fingerprint density at radius 1 is 1.41 bits per heavy atom. The van der Waals surface area contributed by atoms with Gasteiger partial charge in [-0.25, -0.2) is 0 Å². The van der Waals surface area contributed by atoms with Crippen LogP contribution in [0.2, 0.25) is 0 Å². The predicted octanol–water partition coefficient (Wildman–Crippen LogP) is 2.66. The lowest BCUT2D eigenvalue weighted by atomic mass is 9.83. The van der Waals surface area contributed by atoms with Gasteiger partial charge < -0.3 is 5.32 Å². The van der Waals surface area contributed by atoms with Gasteiger partial charge in [0.15, 0.2) is 0 Å².